The molecule has 2 rings (SSSR count). The van der Waals surface area contributed by atoms with Gasteiger partial charge in [0.15, 0.2) is 0 Å². The van der Waals surface area contributed by atoms with Gasteiger partial charge in [-0.15, -0.1) is 0 Å². The monoisotopic (exact) mass is 183 g/mol. The second-order valence-corrected chi connectivity index (χ2v) is 4.61. The Balaban J connectivity index is 1.60. The van der Waals surface area contributed by atoms with E-state index in [0.29, 0.717) is 0 Å². The quantitative estimate of drug-likeness (QED) is 0.654. The van der Waals surface area contributed by atoms with Gasteiger partial charge in [-0.05, 0) is 44.1 Å². The Hall–Kier alpha value is -0.0800. The van der Waals surface area contributed by atoms with E-state index in [-0.39, 0.29) is 0 Å². The largest absolute Gasteiger partial charge is 0.380 e. The topological polar surface area (TPSA) is 21.3 Å². The van der Waals surface area contributed by atoms with Gasteiger partial charge in [0.05, 0.1) is 6.61 Å². The Labute approximate surface area is 81.0 Å². The lowest BCUT2D eigenvalue weighted by molar-refractivity contribution is 0.0811. The fraction of sp³-hybridized carbons (Fsp3) is 1.00. The summed E-state index contributed by atoms with van der Waals surface area (Å²) in [5.74, 6) is 2.97. The number of ether oxygens (including phenoxy) is 1. The Morgan fingerprint density at radius 1 is 1.31 bits per heavy atom. The smallest absolute Gasteiger partial charge is 0.0590 e. The predicted molar refractivity (Wildman–Crippen MR) is 53.7 cm³/mol. The van der Waals surface area contributed by atoms with Crippen molar-refractivity contribution < 1.29 is 4.74 Å². The summed E-state index contributed by atoms with van der Waals surface area (Å²) >= 11 is 0. The normalized spacial score (nSPS) is 37.2. The summed E-state index contributed by atoms with van der Waals surface area (Å²) < 4.78 is 5.65. The summed E-state index contributed by atoms with van der Waals surface area (Å²) in [5, 5.41) is 3.10. The Bertz CT molecular complexity index is 160. The number of likely N-dealkylation sites (N-methyl/N-ethyl adjacent to an activating group) is 1. The van der Waals surface area contributed by atoms with Crippen LogP contribution in [0.2, 0.25) is 0 Å². The highest BCUT2D eigenvalue weighted by Gasteiger charge is 2.39. The lowest BCUT2D eigenvalue weighted by Gasteiger charge is -2.21. The molecule has 0 spiro atoms. The molecule has 2 bridgehead atoms. The Morgan fingerprint density at radius 3 is 2.85 bits per heavy atom. The average Bonchev–Trinajstić information content (AvgIpc) is 2.73. The third kappa shape index (κ3) is 2.23. The molecule has 2 saturated carbocycles. The van der Waals surface area contributed by atoms with Crippen molar-refractivity contribution in [2.45, 2.75) is 25.7 Å². The zero-order valence-corrected chi connectivity index (χ0v) is 8.59. The van der Waals surface area contributed by atoms with Crippen molar-refractivity contribution in [3.63, 3.8) is 0 Å². The zero-order chi connectivity index (χ0) is 9.10. The van der Waals surface area contributed by atoms with Crippen LogP contribution in [0.5, 0.6) is 0 Å². The number of hydrogen-bond donors (Lipinski definition) is 1. The van der Waals surface area contributed by atoms with Gasteiger partial charge in [-0.25, -0.2) is 0 Å². The van der Waals surface area contributed by atoms with Gasteiger partial charge in [0.25, 0.3) is 0 Å². The molecule has 76 valence electrons. The maximum absolute atomic E-state index is 5.65. The van der Waals surface area contributed by atoms with Gasteiger partial charge in [-0.2, -0.15) is 0 Å². The fourth-order valence-corrected chi connectivity index (χ4v) is 2.99. The first-order chi connectivity index (χ1) is 6.40. The van der Waals surface area contributed by atoms with Crippen LogP contribution in [-0.4, -0.2) is 26.8 Å². The summed E-state index contributed by atoms with van der Waals surface area (Å²) in [6.45, 7) is 2.88. The standard InChI is InChI=1S/C11H21NO/c1-12-4-5-13-8-11-7-9-2-3-10(11)6-9/h9-12H,2-8H2,1H3. The summed E-state index contributed by atoms with van der Waals surface area (Å²) in [6.07, 6.45) is 5.92. The molecule has 2 aliphatic rings. The van der Waals surface area contributed by atoms with Gasteiger partial charge in [0.2, 0.25) is 0 Å². The molecule has 0 radical (unpaired) electrons. The van der Waals surface area contributed by atoms with E-state index in [4.69, 9.17) is 4.74 Å². The van der Waals surface area contributed by atoms with Crippen molar-refractivity contribution in [2.24, 2.45) is 17.8 Å². The van der Waals surface area contributed by atoms with Crippen LogP contribution in [0, 0.1) is 17.8 Å². The van der Waals surface area contributed by atoms with Crippen LogP contribution in [0.3, 0.4) is 0 Å². The van der Waals surface area contributed by atoms with E-state index in [1.54, 1.807) is 0 Å². The summed E-state index contributed by atoms with van der Waals surface area (Å²) in [5.41, 5.74) is 0. The molecule has 0 amide bonds. The van der Waals surface area contributed by atoms with E-state index in [2.05, 4.69) is 5.32 Å². The fourth-order valence-electron chi connectivity index (χ4n) is 2.99. The van der Waals surface area contributed by atoms with Gasteiger partial charge < -0.3 is 10.1 Å². The van der Waals surface area contributed by atoms with E-state index in [1.165, 1.54) is 25.7 Å². The molecule has 2 fully saturated rings. The van der Waals surface area contributed by atoms with Crippen LogP contribution < -0.4 is 5.32 Å². The minimum atomic E-state index is 0.879. The van der Waals surface area contributed by atoms with Crippen LogP contribution in [0.15, 0.2) is 0 Å². The van der Waals surface area contributed by atoms with Crippen LogP contribution in [-0.2, 0) is 4.74 Å². The van der Waals surface area contributed by atoms with Crippen molar-refractivity contribution >= 4 is 0 Å². The Morgan fingerprint density at radius 2 is 2.23 bits per heavy atom. The van der Waals surface area contributed by atoms with Crippen LogP contribution in [0.25, 0.3) is 0 Å². The van der Waals surface area contributed by atoms with Gasteiger partial charge in [0, 0.05) is 13.2 Å². The van der Waals surface area contributed by atoms with Crippen molar-refractivity contribution in [3.8, 4) is 0 Å². The number of hydrogen-bond acceptors (Lipinski definition) is 2. The highest BCUT2D eigenvalue weighted by molar-refractivity contribution is 4.89. The van der Waals surface area contributed by atoms with Gasteiger partial charge >= 0.3 is 0 Å². The molecule has 0 aromatic rings. The molecular formula is C11H21NO. The van der Waals surface area contributed by atoms with E-state index < -0.39 is 0 Å². The van der Waals surface area contributed by atoms with E-state index in [9.17, 15) is 0 Å². The molecule has 0 saturated heterocycles. The predicted octanol–water partition coefficient (Wildman–Crippen LogP) is 1.66. The molecular weight excluding hydrogens is 162 g/mol. The molecule has 2 nitrogen and oxygen atoms in total. The lowest BCUT2D eigenvalue weighted by atomic mass is 9.90. The highest BCUT2D eigenvalue weighted by atomic mass is 16.5. The number of rotatable bonds is 5. The molecule has 3 unspecified atom stereocenters. The number of nitrogens with one attached hydrogen (secondary N) is 1. The van der Waals surface area contributed by atoms with Crippen molar-refractivity contribution in [2.75, 3.05) is 26.8 Å². The summed E-state index contributed by atoms with van der Waals surface area (Å²) in [6, 6.07) is 0. The first-order valence-electron chi connectivity index (χ1n) is 5.62. The molecule has 2 heteroatoms. The molecule has 0 aliphatic heterocycles. The van der Waals surface area contributed by atoms with Crippen molar-refractivity contribution in [1.29, 1.82) is 0 Å². The molecule has 0 heterocycles. The first kappa shape index (κ1) is 9.47. The number of fused-ring (bicyclic) bond motifs is 2. The minimum absolute atomic E-state index is 0.879. The van der Waals surface area contributed by atoms with E-state index in [0.717, 1.165) is 37.5 Å². The highest BCUT2D eigenvalue weighted by Crippen LogP contribution is 2.48. The molecule has 1 N–H and O–H groups in total. The zero-order valence-electron chi connectivity index (χ0n) is 8.59. The van der Waals surface area contributed by atoms with Gasteiger partial charge in [-0.3, -0.25) is 0 Å². The summed E-state index contributed by atoms with van der Waals surface area (Å²) in [4.78, 5) is 0. The Kier molecular flexibility index (Phi) is 3.23. The third-order valence-corrected chi connectivity index (χ3v) is 3.71. The SMILES string of the molecule is CNCCOCC1CC2CCC1C2. The molecule has 0 aromatic heterocycles. The maximum atomic E-state index is 5.65. The third-order valence-electron chi connectivity index (χ3n) is 3.71. The van der Waals surface area contributed by atoms with Gasteiger partial charge in [-0.1, -0.05) is 6.42 Å². The van der Waals surface area contributed by atoms with E-state index >= 15 is 0 Å². The van der Waals surface area contributed by atoms with Crippen LogP contribution >= 0.6 is 0 Å². The second-order valence-electron chi connectivity index (χ2n) is 4.61. The average molecular weight is 183 g/mol. The van der Waals surface area contributed by atoms with Crippen LogP contribution in [0.4, 0.5) is 0 Å². The van der Waals surface area contributed by atoms with E-state index in [1.807, 2.05) is 7.05 Å². The summed E-state index contributed by atoms with van der Waals surface area (Å²) in [7, 11) is 1.97. The molecule has 3 atom stereocenters. The molecule has 13 heavy (non-hydrogen) atoms. The van der Waals surface area contributed by atoms with Crippen molar-refractivity contribution in [3.05, 3.63) is 0 Å². The first-order valence-corrected chi connectivity index (χ1v) is 5.62. The van der Waals surface area contributed by atoms with Crippen molar-refractivity contribution in [1.82, 2.24) is 5.32 Å². The second kappa shape index (κ2) is 4.43. The maximum Gasteiger partial charge on any atom is 0.0590 e. The minimum Gasteiger partial charge on any atom is -0.380 e. The van der Waals surface area contributed by atoms with Crippen LogP contribution in [0.1, 0.15) is 25.7 Å². The molecule has 2 aliphatic carbocycles. The lowest BCUT2D eigenvalue weighted by Crippen LogP contribution is -2.20. The molecule has 0 aromatic carbocycles. The van der Waals surface area contributed by atoms with Gasteiger partial charge in [0.1, 0.15) is 0 Å².